The lowest BCUT2D eigenvalue weighted by Gasteiger charge is -2.50. The molecule has 0 spiro atoms. The molecular formula is C112H109F3N18O6. The van der Waals surface area contributed by atoms with Crippen molar-refractivity contribution in [1.29, 1.82) is 0 Å². The molecule has 0 bridgehead atoms. The minimum Gasteiger partial charge on any atom is -0.474 e. The van der Waals surface area contributed by atoms with Crippen molar-refractivity contribution >= 4 is 50.9 Å². The van der Waals surface area contributed by atoms with Crippen molar-refractivity contribution < 1.29 is 41.8 Å². The first-order valence-electron chi connectivity index (χ1n) is 48.5. The van der Waals surface area contributed by atoms with E-state index in [0.29, 0.717) is 106 Å². The first-order valence-corrected chi connectivity index (χ1v) is 48.5. The van der Waals surface area contributed by atoms with Crippen LogP contribution < -0.4 is 14.4 Å². The third-order valence-electron chi connectivity index (χ3n) is 31.8. The summed E-state index contributed by atoms with van der Waals surface area (Å²) >= 11 is 0. The van der Waals surface area contributed by atoms with E-state index >= 15 is 0 Å². The van der Waals surface area contributed by atoms with Crippen LogP contribution in [0, 0.1) is 91.7 Å². The fourth-order valence-corrected chi connectivity index (χ4v) is 24.4. The molecule has 3 fully saturated rings. The number of ketones is 4. The molecule has 1 aliphatic heterocycles. The van der Waals surface area contributed by atoms with Crippen molar-refractivity contribution in [3.63, 3.8) is 0 Å². The SMILES string of the molecule is [C-]#[N+]C1=C[C@@]2(C)c3nc(-c4cc(C)ncn4)nc(-c4ccccc4F)c3CC[C@@H]2C(C)(C)C1=O.[C-]#[N+]C1=C[C@@]2(C)c3nc(-c4cc(CF)nc5ccccc45)nc(OC4CCCC4)c3CC[C@@H]2[C@@H](C)C1=O.[C-]#[N+]C1=C[C@@]2(C)c3nc(-c4ccnc5ccccc45)nc(OC4CCCC4)c3CC[C@@H]2[C@@H](C)C1=O.[C-]#[N+]C1=C[C@@]2(C)c3nc(N4CCN(C)CC4)nc(-c4ccccc4F)c3CC[C@@H]2[C@@H](C)C1=O. The van der Waals surface area contributed by atoms with Crippen molar-refractivity contribution in [2.75, 3.05) is 38.1 Å². The molecule has 0 amide bonds. The number of piperazine rings is 1. The number of fused-ring (bicyclic) bond motifs is 14. The second kappa shape index (κ2) is 37.3. The molecule has 27 heteroatoms. The predicted molar refractivity (Wildman–Crippen MR) is 523 cm³/mol. The number of Topliss-reactive ketones (excluding diaryl/α,β-unsaturated/α-hetero) is 4. The van der Waals surface area contributed by atoms with Gasteiger partial charge in [0.25, 0.3) is 0 Å². The number of pyridine rings is 2. The molecule has 7 aromatic heterocycles. The van der Waals surface area contributed by atoms with Gasteiger partial charge in [0.05, 0.1) is 77.2 Å². The quantitative estimate of drug-likeness (QED) is 0.109. The molecule has 1 saturated heterocycles. The Bertz CT molecular complexity index is 7200. The smallest absolute Gasteiger partial charge is 0.226 e. The Balaban J connectivity index is 0.000000118. The van der Waals surface area contributed by atoms with Crippen molar-refractivity contribution in [1.82, 2.24) is 64.7 Å². The van der Waals surface area contributed by atoms with Crippen LogP contribution in [0.1, 0.15) is 196 Å². The highest BCUT2D eigenvalue weighted by molar-refractivity contribution is 6.04. The largest absolute Gasteiger partial charge is 0.474 e. The van der Waals surface area contributed by atoms with Crippen LogP contribution in [-0.4, -0.2) is 133 Å². The van der Waals surface area contributed by atoms with Crippen molar-refractivity contribution in [2.45, 2.75) is 213 Å². The van der Waals surface area contributed by atoms with Gasteiger partial charge in [-0.1, -0.05) is 147 Å². The number of alkyl halides is 1. The van der Waals surface area contributed by atoms with Crippen LogP contribution in [0.5, 0.6) is 11.8 Å². The van der Waals surface area contributed by atoms with Gasteiger partial charge in [0.1, 0.15) is 42.5 Å². The summed E-state index contributed by atoms with van der Waals surface area (Å²) in [4.78, 5) is 128. The molecule has 10 aliphatic carbocycles. The lowest BCUT2D eigenvalue weighted by molar-refractivity contribution is -0.128. The number of rotatable bonds is 11. The van der Waals surface area contributed by atoms with Gasteiger partial charge in [0.2, 0.25) is 40.5 Å². The van der Waals surface area contributed by atoms with Crippen LogP contribution in [0.15, 0.2) is 175 Å². The molecular weight excluding hydrogens is 1750 g/mol. The van der Waals surface area contributed by atoms with E-state index in [2.05, 4.69) is 76.9 Å². The Morgan fingerprint density at radius 3 is 1.38 bits per heavy atom. The van der Waals surface area contributed by atoms with E-state index in [1.165, 1.54) is 31.3 Å². The normalized spacial score (nSPS) is 25.4. The third kappa shape index (κ3) is 16.7. The Morgan fingerprint density at radius 2 is 0.878 bits per heavy atom. The third-order valence-corrected chi connectivity index (χ3v) is 31.8. The Labute approximate surface area is 807 Å². The molecule has 24 nitrogen and oxygen atoms in total. The lowest BCUT2D eigenvalue weighted by Crippen LogP contribution is -2.51. The summed E-state index contributed by atoms with van der Waals surface area (Å²) in [6, 6.07) is 34.4. The monoisotopic (exact) mass is 1860 g/mol. The van der Waals surface area contributed by atoms with Gasteiger partial charge in [-0.25, -0.2) is 77.4 Å². The summed E-state index contributed by atoms with van der Waals surface area (Å²) < 4.78 is 56.9. The van der Waals surface area contributed by atoms with Crippen LogP contribution >= 0.6 is 0 Å². The number of hydrogen-bond donors (Lipinski definition) is 0. The van der Waals surface area contributed by atoms with Crippen LogP contribution in [0.3, 0.4) is 0 Å². The molecule has 11 atom stereocenters. The number of allylic oxidation sites excluding steroid dienone is 8. The topological polar surface area (TPSA) is 265 Å². The van der Waals surface area contributed by atoms with Gasteiger partial charge >= 0.3 is 0 Å². The molecule has 704 valence electrons. The van der Waals surface area contributed by atoms with Crippen LogP contribution in [0.4, 0.5) is 19.1 Å². The standard InChI is InChI=1S/C30H29FN4O2.C29H28N4O2.C27H24FN5O.C26H28FN5O/c1-17-23-13-12-21-27(30(23,2)15-25(32-3)26(17)36)34-28(35-29(21)37-19-8-4-5-9-19)22-14-18(16-31)33-24-11-7-6-10-20(22)24;1-17-22-13-12-21-26(29(22,2)16-24(30-3)25(17)34)32-27(33-28(21)35-18-8-4-5-9-18)20-14-15-31-23-11-7-6-10-19(20)23;1-15-12-19(31-14-30-15)25-32-22(16-8-6-7-9-18(16)28)17-10-11-21-26(2,3)24(34)20(29-5)13-27(21,4)23(17)33-25;1-16-19-10-9-18-22(17-7-5-6-8-20(17)27)29-25(32-13-11-31(4)12-14-32)30-24(18)26(19,2)15-21(28-3)23(16)33/h6-7,10-11,14-15,17,19,23H,4-5,8-9,12-13,16H2,1-2H3;6-7,10-11,14-18,22H,4-5,8-9,12-13H2,1-2H3;6-9,12-14,21H,10-11H2,1-4H3;5-8,15-16,19H,9-14H2,1-2,4H3/t17-,23-,30-;17-,22-,29-;21-,27-;16-,19-,26-/m1111/s1. The summed E-state index contributed by atoms with van der Waals surface area (Å²) in [5.74, 6) is 1.61. The number of nitrogens with zero attached hydrogens (tertiary/aromatic N) is 18. The molecule has 4 aromatic carbocycles. The highest BCUT2D eigenvalue weighted by Gasteiger charge is 2.57. The average molecular weight is 1860 g/mol. The van der Waals surface area contributed by atoms with E-state index in [0.717, 1.165) is 163 Å². The molecule has 11 aromatic rings. The number of aromatic nitrogens is 12. The van der Waals surface area contributed by atoms with Gasteiger partial charge in [-0.2, -0.15) is 9.97 Å². The first kappa shape index (κ1) is 93.8. The molecule has 11 aliphatic rings. The van der Waals surface area contributed by atoms with E-state index in [4.69, 9.17) is 75.6 Å². The molecule has 22 rings (SSSR count). The molecule has 0 N–H and O–H groups in total. The Hall–Kier alpha value is -14.2. The van der Waals surface area contributed by atoms with Gasteiger partial charge in [0.15, 0.2) is 40.6 Å². The van der Waals surface area contributed by atoms with Gasteiger partial charge in [-0.05, 0) is 195 Å². The zero-order valence-corrected chi connectivity index (χ0v) is 80.1. The highest BCUT2D eigenvalue weighted by Crippen LogP contribution is 2.59. The average Bonchev–Trinajstić information content (AvgIpc) is 1.19. The fourth-order valence-electron chi connectivity index (χ4n) is 24.4. The lowest BCUT2D eigenvalue weighted by atomic mass is 9.53. The number of anilines is 1. The minimum absolute atomic E-state index is 0.0238. The van der Waals surface area contributed by atoms with Gasteiger partial charge in [-0.3, -0.25) is 4.98 Å². The minimum atomic E-state index is -0.726. The number of para-hydroxylation sites is 2. The highest BCUT2D eigenvalue weighted by atomic mass is 19.1. The van der Waals surface area contributed by atoms with E-state index < -0.39 is 33.7 Å². The zero-order valence-electron chi connectivity index (χ0n) is 80.1. The maximum atomic E-state index is 15.0. The number of carbonyl (C=O) groups excluding carboxylic acids is 4. The summed E-state index contributed by atoms with van der Waals surface area (Å²) in [7, 11) is 2.10. The van der Waals surface area contributed by atoms with Gasteiger partial charge in [0, 0.05) is 138 Å². The van der Waals surface area contributed by atoms with Crippen molar-refractivity contribution in [3.8, 4) is 68.6 Å². The summed E-state index contributed by atoms with van der Waals surface area (Å²) in [5, 5.41) is 1.83. The summed E-state index contributed by atoms with van der Waals surface area (Å²) in [6.45, 7) is 53.0. The number of halogens is 3. The van der Waals surface area contributed by atoms with Crippen LogP contribution in [-0.2, 0) is 73.2 Å². The van der Waals surface area contributed by atoms with Crippen molar-refractivity contribution in [2.24, 2.45) is 46.8 Å². The van der Waals surface area contributed by atoms with E-state index in [-0.39, 0.29) is 111 Å². The Kier molecular flexibility index (Phi) is 25.2. The molecule has 8 heterocycles. The van der Waals surface area contributed by atoms with Gasteiger partial charge in [-0.15, -0.1) is 0 Å². The predicted octanol–water partition coefficient (Wildman–Crippen LogP) is 21.3. The van der Waals surface area contributed by atoms with Gasteiger partial charge < -0.3 is 38.5 Å². The maximum absolute atomic E-state index is 15.0. The fraction of sp³-hybridized carbons (Fsp3) is 0.411. The second-order valence-electron chi connectivity index (χ2n) is 40.5. The van der Waals surface area contributed by atoms with E-state index in [1.807, 2.05) is 127 Å². The number of ether oxygens (including phenoxy) is 2. The number of benzene rings is 4. The maximum Gasteiger partial charge on any atom is 0.226 e. The summed E-state index contributed by atoms with van der Waals surface area (Å²) in [5.41, 5.74) is 11.5. The molecule has 139 heavy (non-hydrogen) atoms. The first-order chi connectivity index (χ1) is 66.9. The van der Waals surface area contributed by atoms with E-state index in [1.54, 1.807) is 54.7 Å². The zero-order chi connectivity index (χ0) is 97.5. The van der Waals surface area contributed by atoms with E-state index in [9.17, 15) is 32.3 Å². The number of aryl methyl sites for hydroxylation is 1. The number of carbonyl (C=O) groups is 4. The summed E-state index contributed by atoms with van der Waals surface area (Å²) in [6.07, 6.45) is 25.4. The number of hydrogen-bond acceptors (Lipinski definition) is 20. The van der Waals surface area contributed by atoms with Crippen LogP contribution in [0.2, 0.25) is 0 Å². The molecule has 2 saturated carbocycles. The van der Waals surface area contributed by atoms with Crippen LogP contribution in [0.25, 0.3) is 98.0 Å². The Morgan fingerprint density at radius 1 is 0.439 bits per heavy atom. The molecule has 0 radical (unpaired) electrons. The molecule has 0 unspecified atom stereocenters. The van der Waals surface area contributed by atoms with Crippen molar-refractivity contribution in [3.05, 3.63) is 289 Å². The number of likely N-dealkylation sites (N-methyl/N-ethyl adjacent to an activating group) is 1. The second-order valence-corrected chi connectivity index (χ2v) is 40.5.